The van der Waals surface area contributed by atoms with Gasteiger partial charge in [-0.1, -0.05) is 12.1 Å². The van der Waals surface area contributed by atoms with E-state index in [-0.39, 0.29) is 11.9 Å². The fourth-order valence-electron chi connectivity index (χ4n) is 3.74. The number of anilines is 1. The minimum Gasteiger partial charge on any atom is -0.755 e. The van der Waals surface area contributed by atoms with E-state index in [1.165, 1.54) is 0 Å². The van der Waals surface area contributed by atoms with Crippen molar-refractivity contribution in [2.45, 2.75) is 19.5 Å². The van der Waals surface area contributed by atoms with Crippen molar-refractivity contribution < 1.29 is 23.0 Å². The average molecular weight is 433 g/mol. The topological polar surface area (TPSA) is 94.2 Å². The van der Waals surface area contributed by atoms with Crippen molar-refractivity contribution in [3.8, 4) is 11.5 Å². The largest absolute Gasteiger partial charge is 0.755 e. The summed E-state index contributed by atoms with van der Waals surface area (Å²) in [6, 6.07) is 12.3. The van der Waals surface area contributed by atoms with Gasteiger partial charge in [0, 0.05) is 60.3 Å². The number of amides is 1. The van der Waals surface area contributed by atoms with Crippen LogP contribution < -0.4 is 14.2 Å². The zero-order valence-electron chi connectivity index (χ0n) is 17.3. The molecule has 0 radical (unpaired) electrons. The first-order valence-corrected chi connectivity index (χ1v) is 10.7. The van der Waals surface area contributed by atoms with Gasteiger partial charge in [-0.25, -0.2) is 0 Å². The highest BCUT2D eigenvalue weighted by molar-refractivity contribution is 7.80. The van der Waals surface area contributed by atoms with Gasteiger partial charge in [0.15, 0.2) is 11.5 Å². The van der Waals surface area contributed by atoms with Crippen LogP contribution in [0.3, 0.4) is 0 Å². The zero-order valence-corrected chi connectivity index (χ0v) is 18.1. The molecule has 2 aromatic carbocycles. The second kappa shape index (κ2) is 9.92. The lowest BCUT2D eigenvalue weighted by Gasteiger charge is -2.40. The van der Waals surface area contributed by atoms with Gasteiger partial charge in [-0.15, -0.1) is 0 Å². The Morgan fingerprint density at radius 3 is 2.50 bits per heavy atom. The number of nitrogens with zero attached hydrogens (tertiary/aromatic N) is 2. The molecular formula is C21H26N3O5S-. The van der Waals surface area contributed by atoms with E-state index in [0.29, 0.717) is 30.1 Å². The monoisotopic (exact) mass is 432 g/mol. The van der Waals surface area contributed by atoms with Crippen LogP contribution >= 0.6 is 0 Å². The lowest BCUT2D eigenvalue weighted by molar-refractivity contribution is 0.0474. The molecule has 2 atom stereocenters. The van der Waals surface area contributed by atoms with E-state index in [2.05, 4.69) is 9.62 Å². The summed E-state index contributed by atoms with van der Waals surface area (Å²) in [7, 11) is 3.26. The molecule has 0 aliphatic carbocycles. The average Bonchev–Trinajstić information content (AvgIpc) is 2.73. The first-order chi connectivity index (χ1) is 14.4. The van der Waals surface area contributed by atoms with Crippen LogP contribution in [0.4, 0.5) is 5.69 Å². The van der Waals surface area contributed by atoms with E-state index < -0.39 is 11.3 Å². The van der Waals surface area contributed by atoms with E-state index in [1.54, 1.807) is 38.5 Å². The molecule has 8 nitrogen and oxygen atoms in total. The summed E-state index contributed by atoms with van der Waals surface area (Å²) in [6.45, 7) is 4.83. The molecule has 0 bridgehead atoms. The molecule has 1 saturated heterocycles. The second-order valence-electron chi connectivity index (χ2n) is 7.15. The molecule has 3 rings (SSSR count). The third-order valence-corrected chi connectivity index (χ3v) is 5.59. The number of carbonyl (C=O) groups is 1. The maximum Gasteiger partial charge on any atom is 0.254 e. The summed E-state index contributed by atoms with van der Waals surface area (Å²) in [4.78, 5) is 17.1. The van der Waals surface area contributed by atoms with Gasteiger partial charge < -0.3 is 23.6 Å². The van der Waals surface area contributed by atoms with Crippen LogP contribution in [0, 0.1) is 0 Å². The van der Waals surface area contributed by atoms with Crippen molar-refractivity contribution >= 4 is 22.9 Å². The Morgan fingerprint density at radius 1 is 1.17 bits per heavy atom. The maximum atomic E-state index is 12.9. The van der Waals surface area contributed by atoms with Crippen molar-refractivity contribution in [3.63, 3.8) is 0 Å². The number of carbonyl (C=O) groups excluding carboxylic acids is 1. The van der Waals surface area contributed by atoms with Crippen LogP contribution in [0.25, 0.3) is 0 Å². The van der Waals surface area contributed by atoms with Gasteiger partial charge in [-0.2, -0.15) is 0 Å². The fourth-order valence-corrected chi connectivity index (χ4v) is 4.07. The summed E-state index contributed by atoms with van der Waals surface area (Å²) in [5.74, 6) is 1.38. The molecule has 1 amide bonds. The molecule has 1 aliphatic rings. The van der Waals surface area contributed by atoms with Gasteiger partial charge in [0.1, 0.15) is 0 Å². The highest BCUT2D eigenvalue weighted by Crippen LogP contribution is 2.32. The number of methoxy groups -OCH3 is 2. The molecule has 2 aromatic rings. The van der Waals surface area contributed by atoms with Crippen LogP contribution in [0.15, 0.2) is 42.5 Å². The number of para-hydroxylation sites is 1. The smallest absolute Gasteiger partial charge is 0.254 e. The summed E-state index contributed by atoms with van der Waals surface area (Å²) in [5, 5.41) is 0. The van der Waals surface area contributed by atoms with E-state index >= 15 is 0 Å². The zero-order chi connectivity index (χ0) is 21.7. The number of benzene rings is 2. The normalized spacial score (nSPS) is 18.0. The standard InChI is InChI=1S/C21H27N3O5S/c1-15-13-23(14-17-5-4-6-19(28-2)20(17)29-3)11-12-24(15)21(25)16-7-9-18(10-8-16)22-30(26)27/h4-10,15,22H,11-14H2,1-3H3,(H,26,27)/p-1. The van der Waals surface area contributed by atoms with Crippen molar-refractivity contribution in [2.24, 2.45) is 0 Å². The van der Waals surface area contributed by atoms with Crippen LogP contribution in [0.1, 0.15) is 22.8 Å². The van der Waals surface area contributed by atoms with Crippen molar-refractivity contribution in [1.82, 2.24) is 9.80 Å². The van der Waals surface area contributed by atoms with Crippen molar-refractivity contribution in [1.29, 1.82) is 0 Å². The number of ether oxygens (including phenoxy) is 2. The van der Waals surface area contributed by atoms with Gasteiger partial charge in [0.2, 0.25) is 0 Å². The molecule has 0 aromatic heterocycles. The summed E-state index contributed by atoms with van der Waals surface area (Å²) in [5.41, 5.74) is 2.00. The Balaban J connectivity index is 1.64. The Morgan fingerprint density at radius 2 is 1.90 bits per heavy atom. The Labute approximate surface area is 179 Å². The Hall–Kier alpha value is -2.62. The predicted molar refractivity (Wildman–Crippen MR) is 114 cm³/mol. The highest BCUT2D eigenvalue weighted by atomic mass is 32.2. The molecule has 2 unspecified atom stereocenters. The van der Waals surface area contributed by atoms with Crippen LogP contribution in [0.2, 0.25) is 0 Å². The van der Waals surface area contributed by atoms with Crippen LogP contribution in [0.5, 0.6) is 11.5 Å². The third kappa shape index (κ3) is 5.10. The summed E-state index contributed by atoms with van der Waals surface area (Å²) >= 11 is -2.39. The van der Waals surface area contributed by atoms with E-state index in [4.69, 9.17) is 9.47 Å². The highest BCUT2D eigenvalue weighted by Gasteiger charge is 2.28. The quantitative estimate of drug-likeness (QED) is 0.675. The van der Waals surface area contributed by atoms with Gasteiger partial charge in [-0.05, 0) is 37.3 Å². The minimum absolute atomic E-state index is 0.0369. The first-order valence-electron chi connectivity index (χ1n) is 9.62. The number of piperazine rings is 1. The molecule has 1 fully saturated rings. The molecule has 0 spiro atoms. The van der Waals surface area contributed by atoms with Crippen molar-refractivity contribution in [2.75, 3.05) is 38.6 Å². The molecule has 162 valence electrons. The Bertz CT molecular complexity index is 906. The van der Waals surface area contributed by atoms with Crippen molar-refractivity contribution in [3.05, 3.63) is 53.6 Å². The SMILES string of the molecule is COc1cccc(CN2CCN(C(=O)c3ccc(NS(=O)[O-])cc3)C(C)C2)c1OC. The summed E-state index contributed by atoms with van der Waals surface area (Å²) < 4.78 is 34.6. The molecule has 1 N–H and O–H groups in total. The summed E-state index contributed by atoms with van der Waals surface area (Å²) in [6.07, 6.45) is 0. The van der Waals surface area contributed by atoms with Gasteiger partial charge >= 0.3 is 0 Å². The minimum atomic E-state index is -2.39. The predicted octanol–water partition coefficient (Wildman–Crippen LogP) is 2.26. The van der Waals surface area contributed by atoms with E-state index in [1.807, 2.05) is 30.0 Å². The van der Waals surface area contributed by atoms with Crippen LogP contribution in [-0.4, -0.2) is 64.4 Å². The lowest BCUT2D eigenvalue weighted by atomic mass is 10.1. The van der Waals surface area contributed by atoms with Gasteiger partial charge in [-0.3, -0.25) is 13.9 Å². The van der Waals surface area contributed by atoms with E-state index in [9.17, 15) is 13.6 Å². The van der Waals surface area contributed by atoms with Gasteiger partial charge in [0.05, 0.1) is 14.2 Å². The number of nitrogens with one attached hydrogen (secondary N) is 1. The lowest BCUT2D eigenvalue weighted by Crippen LogP contribution is -2.53. The molecule has 1 aliphatic heterocycles. The fraction of sp³-hybridized carbons (Fsp3) is 0.381. The second-order valence-corrected chi connectivity index (χ2v) is 7.82. The van der Waals surface area contributed by atoms with Crippen LogP contribution in [-0.2, 0) is 17.8 Å². The molecule has 9 heteroatoms. The van der Waals surface area contributed by atoms with E-state index in [0.717, 1.165) is 24.4 Å². The molecule has 0 saturated carbocycles. The Kier molecular flexibility index (Phi) is 7.30. The number of hydrogen-bond acceptors (Lipinski definition) is 6. The number of rotatable bonds is 7. The number of hydrogen-bond donors (Lipinski definition) is 1. The molecular weight excluding hydrogens is 406 g/mol. The maximum absolute atomic E-state index is 12.9. The first kappa shape index (κ1) is 22.1. The third-order valence-electron chi connectivity index (χ3n) is 5.18. The molecule has 1 heterocycles. The van der Waals surface area contributed by atoms with Gasteiger partial charge in [0.25, 0.3) is 5.91 Å². The molecule has 30 heavy (non-hydrogen) atoms.